The molecule has 1 saturated carbocycles. The lowest BCUT2D eigenvalue weighted by molar-refractivity contribution is 0.152. The fourth-order valence-corrected chi connectivity index (χ4v) is 2.63. The van der Waals surface area contributed by atoms with Gasteiger partial charge in [0.05, 0.1) is 0 Å². The monoisotopic (exact) mass is 255 g/mol. The Morgan fingerprint density at radius 1 is 1.17 bits per heavy atom. The predicted octanol–water partition coefficient (Wildman–Crippen LogP) is 2.61. The van der Waals surface area contributed by atoms with E-state index in [1.54, 1.807) is 0 Å². The second-order valence-corrected chi connectivity index (χ2v) is 4.91. The Kier molecular flexibility index (Phi) is 4.66. The fraction of sp³-hybridized carbons (Fsp3) is 0.571. The topological polar surface area (TPSA) is 32.3 Å². The van der Waals surface area contributed by atoms with E-state index in [-0.39, 0.29) is 30.7 Å². The molecule has 0 aliphatic heterocycles. The Morgan fingerprint density at radius 2 is 1.83 bits per heavy atom. The van der Waals surface area contributed by atoms with Gasteiger partial charge in [-0.25, -0.2) is 8.78 Å². The maximum absolute atomic E-state index is 13.5. The first-order valence-electron chi connectivity index (χ1n) is 6.49. The number of aliphatic hydroxyl groups excluding tert-OH is 1. The van der Waals surface area contributed by atoms with Crippen LogP contribution in [0.3, 0.4) is 0 Å². The van der Waals surface area contributed by atoms with Crippen molar-refractivity contribution in [1.29, 1.82) is 0 Å². The van der Waals surface area contributed by atoms with E-state index in [0.29, 0.717) is 0 Å². The van der Waals surface area contributed by atoms with Crippen molar-refractivity contribution in [1.82, 2.24) is 5.32 Å². The van der Waals surface area contributed by atoms with E-state index in [0.717, 1.165) is 25.7 Å². The molecule has 100 valence electrons. The summed E-state index contributed by atoms with van der Waals surface area (Å²) in [5.74, 6) is -0.827. The van der Waals surface area contributed by atoms with Gasteiger partial charge >= 0.3 is 0 Å². The van der Waals surface area contributed by atoms with Crippen molar-refractivity contribution in [3.63, 3.8) is 0 Å². The van der Waals surface area contributed by atoms with Crippen molar-refractivity contribution in [2.75, 3.05) is 6.61 Å². The van der Waals surface area contributed by atoms with Crippen molar-refractivity contribution in [3.8, 4) is 0 Å². The maximum Gasteiger partial charge on any atom is 0.130 e. The number of halogens is 2. The van der Waals surface area contributed by atoms with E-state index >= 15 is 0 Å². The Bertz CT molecular complexity index is 377. The molecule has 0 bridgehead atoms. The lowest BCUT2D eigenvalue weighted by Gasteiger charge is -2.31. The molecule has 1 aromatic rings. The summed E-state index contributed by atoms with van der Waals surface area (Å²) in [6.45, 7) is 0.317. The van der Waals surface area contributed by atoms with Crippen molar-refractivity contribution < 1.29 is 13.9 Å². The first-order valence-corrected chi connectivity index (χ1v) is 6.49. The number of benzene rings is 1. The van der Waals surface area contributed by atoms with Crippen molar-refractivity contribution >= 4 is 0 Å². The van der Waals surface area contributed by atoms with Crippen LogP contribution in [0.5, 0.6) is 0 Å². The minimum absolute atomic E-state index is 0.0831. The van der Waals surface area contributed by atoms with Gasteiger partial charge in [0.25, 0.3) is 0 Å². The number of aliphatic hydroxyl groups is 1. The smallest absolute Gasteiger partial charge is 0.130 e. The number of hydrogen-bond acceptors (Lipinski definition) is 2. The summed E-state index contributed by atoms with van der Waals surface area (Å²) in [5, 5.41) is 12.5. The summed E-state index contributed by atoms with van der Waals surface area (Å²) >= 11 is 0. The van der Waals surface area contributed by atoms with Gasteiger partial charge < -0.3 is 10.4 Å². The van der Waals surface area contributed by atoms with Gasteiger partial charge in [0.1, 0.15) is 11.6 Å². The highest BCUT2D eigenvalue weighted by molar-refractivity contribution is 5.19. The van der Waals surface area contributed by atoms with E-state index in [1.807, 2.05) is 0 Å². The summed E-state index contributed by atoms with van der Waals surface area (Å²) in [5.41, 5.74) is 0.0831. The zero-order valence-electron chi connectivity index (χ0n) is 10.3. The average molecular weight is 255 g/mol. The molecule has 0 aromatic heterocycles. The number of hydrogen-bond donors (Lipinski definition) is 2. The summed E-state index contributed by atoms with van der Waals surface area (Å²) in [6.07, 6.45) is 4.17. The van der Waals surface area contributed by atoms with Gasteiger partial charge in [-0.15, -0.1) is 0 Å². The van der Waals surface area contributed by atoms with E-state index in [2.05, 4.69) is 5.32 Å². The second-order valence-electron chi connectivity index (χ2n) is 4.91. The zero-order chi connectivity index (χ0) is 13.0. The highest BCUT2D eigenvalue weighted by Gasteiger charge is 2.24. The lowest BCUT2D eigenvalue weighted by atomic mass is 9.85. The van der Waals surface area contributed by atoms with Gasteiger partial charge in [0.15, 0.2) is 0 Å². The molecular weight excluding hydrogens is 236 g/mol. The molecule has 1 fully saturated rings. The molecule has 0 heterocycles. The molecule has 18 heavy (non-hydrogen) atoms. The normalized spacial score (nSPS) is 24.2. The van der Waals surface area contributed by atoms with Gasteiger partial charge in [0.2, 0.25) is 0 Å². The van der Waals surface area contributed by atoms with E-state index in [4.69, 9.17) is 0 Å². The van der Waals surface area contributed by atoms with Crippen LogP contribution in [0, 0.1) is 17.6 Å². The SMILES string of the molecule is OCC1CCCCC1NCc1c(F)cccc1F. The largest absolute Gasteiger partial charge is 0.396 e. The summed E-state index contributed by atoms with van der Waals surface area (Å²) in [4.78, 5) is 0. The summed E-state index contributed by atoms with van der Waals surface area (Å²) in [7, 11) is 0. The van der Waals surface area contributed by atoms with Gasteiger partial charge in [-0.3, -0.25) is 0 Å². The van der Waals surface area contributed by atoms with Crippen LogP contribution in [-0.4, -0.2) is 17.8 Å². The minimum atomic E-state index is -0.515. The molecule has 0 amide bonds. The third kappa shape index (κ3) is 3.06. The van der Waals surface area contributed by atoms with Crippen LogP contribution in [0.1, 0.15) is 31.2 Å². The van der Waals surface area contributed by atoms with Crippen LogP contribution in [0.4, 0.5) is 8.78 Å². The Balaban J connectivity index is 1.98. The molecule has 1 aliphatic carbocycles. The Labute approximate surface area is 106 Å². The molecule has 2 rings (SSSR count). The Morgan fingerprint density at radius 3 is 2.50 bits per heavy atom. The molecule has 1 aliphatic rings. The van der Waals surface area contributed by atoms with Gasteiger partial charge in [-0.2, -0.15) is 0 Å². The highest BCUT2D eigenvalue weighted by atomic mass is 19.1. The molecule has 0 radical (unpaired) electrons. The fourth-order valence-electron chi connectivity index (χ4n) is 2.63. The summed E-state index contributed by atoms with van der Waals surface area (Å²) < 4.78 is 26.9. The van der Waals surface area contributed by atoms with Crippen LogP contribution in [0.15, 0.2) is 18.2 Å². The van der Waals surface area contributed by atoms with Crippen molar-refractivity contribution in [3.05, 3.63) is 35.4 Å². The lowest BCUT2D eigenvalue weighted by Crippen LogP contribution is -2.40. The number of rotatable bonds is 4. The molecule has 0 saturated heterocycles. The third-order valence-corrected chi connectivity index (χ3v) is 3.75. The van der Waals surface area contributed by atoms with Crippen LogP contribution in [-0.2, 0) is 6.54 Å². The molecule has 2 unspecified atom stereocenters. The quantitative estimate of drug-likeness (QED) is 0.866. The van der Waals surface area contributed by atoms with Crippen LogP contribution >= 0.6 is 0 Å². The standard InChI is InChI=1S/C14H19F2NO/c15-12-5-3-6-13(16)11(12)8-17-14-7-2-1-4-10(14)9-18/h3,5-6,10,14,17-18H,1-2,4,7-9H2. The maximum atomic E-state index is 13.5. The Hall–Kier alpha value is -1.00. The van der Waals surface area contributed by atoms with Gasteiger partial charge in [-0.1, -0.05) is 18.9 Å². The predicted molar refractivity (Wildman–Crippen MR) is 66.0 cm³/mol. The third-order valence-electron chi connectivity index (χ3n) is 3.75. The van der Waals surface area contributed by atoms with Crippen LogP contribution in [0.2, 0.25) is 0 Å². The van der Waals surface area contributed by atoms with Gasteiger partial charge in [-0.05, 0) is 30.9 Å². The van der Waals surface area contributed by atoms with Crippen molar-refractivity contribution in [2.24, 2.45) is 5.92 Å². The molecule has 1 aromatic carbocycles. The van der Waals surface area contributed by atoms with Crippen LogP contribution in [0.25, 0.3) is 0 Å². The molecule has 0 spiro atoms. The van der Waals surface area contributed by atoms with E-state index < -0.39 is 11.6 Å². The van der Waals surface area contributed by atoms with E-state index in [1.165, 1.54) is 18.2 Å². The first kappa shape index (κ1) is 13.4. The van der Waals surface area contributed by atoms with Crippen molar-refractivity contribution in [2.45, 2.75) is 38.3 Å². The average Bonchev–Trinajstić information content (AvgIpc) is 2.38. The molecule has 2 nitrogen and oxygen atoms in total. The molecular formula is C14H19F2NO. The zero-order valence-corrected chi connectivity index (χ0v) is 10.3. The molecule has 4 heteroatoms. The van der Waals surface area contributed by atoms with E-state index in [9.17, 15) is 13.9 Å². The highest BCUT2D eigenvalue weighted by Crippen LogP contribution is 2.24. The second kappa shape index (κ2) is 6.25. The number of nitrogens with one attached hydrogen (secondary N) is 1. The summed E-state index contributed by atoms with van der Waals surface area (Å²) in [6, 6.07) is 4.06. The molecule has 2 atom stereocenters. The van der Waals surface area contributed by atoms with Gasteiger partial charge in [0, 0.05) is 24.8 Å². The molecule has 2 N–H and O–H groups in total. The first-order chi connectivity index (χ1) is 8.72. The van der Waals surface area contributed by atoms with Crippen LogP contribution < -0.4 is 5.32 Å². The minimum Gasteiger partial charge on any atom is -0.396 e.